The van der Waals surface area contributed by atoms with Gasteiger partial charge in [-0.2, -0.15) is 5.10 Å². The number of hydrogen-bond donors (Lipinski definition) is 2. The summed E-state index contributed by atoms with van der Waals surface area (Å²) < 4.78 is 7.95. The van der Waals surface area contributed by atoms with E-state index in [0.29, 0.717) is 6.61 Å². The Balaban J connectivity index is 1.58. The molecular formula is C17H28N4O2. The molecule has 0 radical (unpaired) electrons. The summed E-state index contributed by atoms with van der Waals surface area (Å²) >= 11 is 0. The average Bonchev–Trinajstić information content (AvgIpc) is 3.19. The van der Waals surface area contributed by atoms with Crippen LogP contribution in [0, 0.1) is 13.8 Å². The molecule has 128 valence electrons. The van der Waals surface area contributed by atoms with Gasteiger partial charge in [0.15, 0.2) is 0 Å². The highest BCUT2D eigenvalue weighted by atomic mass is 16.5. The molecule has 3 rings (SSSR count). The van der Waals surface area contributed by atoms with E-state index in [1.165, 1.54) is 12.8 Å². The molecule has 0 bridgehead atoms. The first-order valence-corrected chi connectivity index (χ1v) is 8.78. The third-order valence-electron chi connectivity index (χ3n) is 5.11. The van der Waals surface area contributed by atoms with Gasteiger partial charge < -0.3 is 15.4 Å². The van der Waals surface area contributed by atoms with Gasteiger partial charge in [0.05, 0.1) is 35.3 Å². The van der Waals surface area contributed by atoms with Crippen molar-refractivity contribution in [3.8, 4) is 0 Å². The quantitative estimate of drug-likeness (QED) is 0.895. The minimum Gasteiger partial charge on any atom is -0.373 e. The van der Waals surface area contributed by atoms with Gasteiger partial charge in [-0.1, -0.05) is 19.8 Å². The lowest BCUT2D eigenvalue weighted by molar-refractivity contribution is 0.00998. The van der Waals surface area contributed by atoms with Gasteiger partial charge in [0.25, 0.3) is 0 Å². The second kappa shape index (κ2) is 6.51. The lowest BCUT2D eigenvalue weighted by Crippen LogP contribution is -2.39. The minimum atomic E-state index is -0.157. The van der Waals surface area contributed by atoms with E-state index in [0.717, 1.165) is 49.3 Å². The van der Waals surface area contributed by atoms with Crippen LogP contribution in [-0.4, -0.2) is 34.1 Å². The second-order valence-corrected chi connectivity index (χ2v) is 6.97. The molecule has 1 aromatic rings. The van der Waals surface area contributed by atoms with Crippen LogP contribution in [0.4, 0.5) is 10.5 Å². The van der Waals surface area contributed by atoms with Crippen molar-refractivity contribution in [2.75, 3.05) is 11.9 Å². The number of carbonyl (C=O) groups excluding carboxylic acids is 1. The van der Waals surface area contributed by atoms with E-state index >= 15 is 0 Å². The zero-order chi connectivity index (χ0) is 16.4. The summed E-state index contributed by atoms with van der Waals surface area (Å²) in [5.74, 6) is 0. The van der Waals surface area contributed by atoms with Gasteiger partial charge in [-0.3, -0.25) is 4.68 Å². The van der Waals surface area contributed by atoms with Crippen molar-refractivity contribution >= 4 is 11.7 Å². The smallest absolute Gasteiger partial charge is 0.319 e. The summed E-state index contributed by atoms with van der Waals surface area (Å²) in [6, 6.07) is -0.0460. The van der Waals surface area contributed by atoms with Gasteiger partial charge in [-0.25, -0.2) is 4.79 Å². The molecule has 6 nitrogen and oxygen atoms in total. The lowest BCUT2D eigenvalue weighted by atomic mass is 9.96. The number of ether oxygens (including phenoxy) is 1. The Hall–Kier alpha value is -1.56. The van der Waals surface area contributed by atoms with Crippen LogP contribution in [0.5, 0.6) is 0 Å². The van der Waals surface area contributed by atoms with Gasteiger partial charge in [-0.15, -0.1) is 0 Å². The van der Waals surface area contributed by atoms with Gasteiger partial charge in [-0.05, 0) is 39.5 Å². The molecule has 1 aliphatic heterocycles. The SMILES string of the molecule is CCCn1nc(C)c(NC(=O)N[C@@H]2COC3(CCCC3)C2)c1C. The average molecular weight is 320 g/mol. The summed E-state index contributed by atoms with van der Waals surface area (Å²) in [5, 5.41) is 10.5. The molecule has 1 atom stereocenters. The van der Waals surface area contributed by atoms with Crippen molar-refractivity contribution in [1.82, 2.24) is 15.1 Å². The van der Waals surface area contributed by atoms with Crippen molar-refractivity contribution < 1.29 is 9.53 Å². The molecule has 0 aromatic carbocycles. The zero-order valence-electron chi connectivity index (χ0n) is 14.4. The molecule has 2 aliphatic rings. The standard InChI is InChI=1S/C17H28N4O2/c1-4-9-21-13(3)15(12(2)20-21)19-16(22)18-14-10-17(23-11-14)7-5-6-8-17/h14H,4-11H2,1-3H3,(H2,18,19,22)/t14-/m0/s1. The third kappa shape index (κ3) is 3.37. The van der Waals surface area contributed by atoms with Crippen molar-refractivity contribution in [3.63, 3.8) is 0 Å². The number of aromatic nitrogens is 2. The number of carbonyl (C=O) groups is 1. The number of urea groups is 1. The number of nitrogens with one attached hydrogen (secondary N) is 2. The maximum Gasteiger partial charge on any atom is 0.319 e. The molecule has 1 spiro atoms. The number of nitrogens with zero attached hydrogens (tertiary/aromatic N) is 2. The van der Waals surface area contributed by atoms with E-state index < -0.39 is 0 Å². The van der Waals surface area contributed by atoms with Crippen molar-refractivity contribution in [1.29, 1.82) is 0 Å². The summed E-state index contributed by atoms with van der Waals surface area (Å²) in [5.41, 5.74) is 2.73. The predicted octanol–water partition coefficient (Wildman–Crippen LogP) is 3.13. The first-order chi connectivity index (χ1) is 11.0. The van der Waals surface area contributed by atoms with Crippen molar-refractivity contribution in [2.24, 2.45) is 0 Å². The monoisotopic (exact) mass is 320 g/mol. The highest BCUT2D eigenvalue weighted by molar-refractivity contribution is 5.90. The van der Waals surface area contributed by atoms with E-state index in [-0.39, 0.29) is 17.7 Å². The zero-order valence-corrected chi connectivity index (χ0v) is 14.4. The lowest BCUT2D eigenvalue weighted by Gasteiger charge is -2.21. The van der Waals surface area contributed by atoms with Gasteiger partial charge in [0.1, 0.15) is 0 Å². The van der Waals surface area contributed by atoms with E-state index in [4.69, 9.17) is 4.74 Å². The Morgan fingerprint density at radius 1 is 1.39 bits per heavy atom. The van der Waals surface area contributed by atoms with Crippen LogP contribution in [0.1, 0.15) is 56.8 Å². The van der Waals surface area contributed by atoms with Gasteiger partial charge >= 0.3 is 6.03 Å². The molecule has 1 aliphatic carbocycles. The highest BCUT2D eigenvalue weighted by Gasteiger charge is 2.42. The van der Waals surface area contributed by atoms with E-state index in [9.17, 15) is 4.79 Å². The Kier molecular flexibility index (Phi) is 4.62. The number of amides is 2. The Labute approximate surface area is 138 Å². The summed E-state index contributed by atoms with van der Waals surface area (Å²) in [4.78, 5) is 12.3. The van der Waals surface area contributed by atoms with Crippen LogP contribution in [0.2, 0.25) is 0 Å². The maximum absolute atomic E-state index is 12.3. The maximum atomic E-state index is 12.3. The molecule has 1 saturated heterocycles. The molecule has 2 amide bonds. The van der Waals surface area contributed by atoms with Gasteiger partial charge in [0.2, 0.25) is 0 Å². The molecule has 6 heteroatoms. The van der Waals surface area contributed by atoms with Crippen LogP contribution >= 0.6 is 0 Å². The summed E-state index contributed by atoms with van der Waals surface area (Å²) in [7, 11) is 0. The predicted molar refractivity (Wildman–Crippen MR) is 89.7 cm³/mol. The molecule has 1 aromatic heterocycles. The van der Waals surface area contributed by atoms with Crippen molar-refractivity contribution in [3.05, 3.63) is 11.4 Å². The largest absolute Gasteiger partial charge is 0.373 e. The fraction of sp³-hybridized carbons (Fsp3) is 0.765. The first kappa shape index (κ1) is 16.3. The summed E-state index contributed by atoms with van der Waals surface area (Å²) in [6.45, 7) is 7.54. The topological polar surface area (TPSA) is 68.2 Å². The Bertz CT molecular complexity index is 575. The van der Waals surface area contributed by atoms with Crippen LogP contribution in [0.15, 0.2) is 0 Å². The van der Waals surface area contributed by atoms with Crippen LogP contribution in [-0.2, 0) is 11.3 Å². The third-order valence-corrected chi connectivity index (χ3v) is 5.11. The van der Waals surface area contributed by atoms with Crippen LogP contribution in [0.3, 0.4) is 0 Å². The number of aryl methyl sites for hydroxylation is 2. The first-order valence-electron chi connectivity index (χ1n) is 8.78. The van der Waals surface area contributed by atoms with E-state index in [1.54, 1.807) is 0 Å². The minimum absolute atomic E-state index is 0.0375. The molecule has 23 heavy (non-hydrogen) atoms. The molecule has 2 heterocycles. The fourth-order valence-electron chi connectivity index (χ4n) is 3.95. The molecule has 2 N–H and O–H groups in total. The normalized spacial score (nSPS) is 22.7. The van der Waals surface area contributed by atoms with E-state index in [1.807, 2.05) is 18.5 Å². The van der Waals surface area contributed by atoms with Gasteiger partial charge in [0, 0.05) is 6.54 Å². The molecule has 1 saturated carbocycles. The van der Waals surface area contributed by atoms with Crippen LogP contribution in [0.25, 0.3) is 0 Å². The molecule has 2 fully saturated rings. The molecular weight excluding hydrogens is 292 g/mol. The fourth-order valence-corrected chi connectivity index (χ4v) is 3.95. The second-order valence-electron chi connectivity index (χ2n) is 6.97. The number of hydrogen-bond acceptors (Lipinski definition) is 3. The number of anilines is 1. The molecule has 0 unspecified atom stereocenters. The highest BCUT2D eigenvalue weighted by Crippen LogP contribution is 2.40. The van der Waals surface area contributed by atoms with E-state index in [2.05, 4.69) is 22.7 Å². The Morgan fingerprint density at radius 3 is 2.83 bits per heavy atom. The van der Waals surface area contributed by atoms with Crippen LogP contribution < -0.4 is 10.6 Å². The number of rotatable bonds is 4. The Morgan fingerprint density at radius 2 is 2.13 bits per heavy atom. The van der Waals surface area contributed by atoms with Crippen molar-refractivity contribution in [2.45, 2.75) is 77.5 Å². The summed E-state index contributed by atoms with van der Waals surface area (Å²) in [6.07, 6.45) is 6.72.